The van der Waals surface area contributed by atoms with Crippen LogP contribution in [0.25, 0.3) is 0 Å². The lowest BCUT2D eigenvalue weighted by molar-refractivity contribution is -0.141. The van der Waals surface area contributed by atoms with E-state index in [1.54, 1.807) is 7.11 Å². The molecule has 4 nitrogen and oxygen atoms in total. The summed E-state index contributed by atoms with van der Waals surface area (Å²) in [5, 5.41) is 0. The maximum Gasteiger partial charge on any atom is 0.233 e. The van der Waals surface area contributed by atoms with E-state index in [2.05, 4.69) is 0 Å². The third-order valence-corrected chi connectivity index (χ3v) is 5.54. The summed E-state index contributed by atoms with van der Waals surface area (Å²) in [4.78, 5) is 26.8. The highest BCUT2D eigenvalue weighted by molar-refractivity contribution is 6.06. The molecule has 1 heterocycles. The maximum atomic E-state index is 12.7. The largest absolute Gasteiger partial charge is 0.496 e. The van der Waals surface area contributed by atoms with Crippen LogP contribution in [0.3, 0.4) is 0 Å². The van der Waals surface area contributed by atoms with Crippen molar-refractivity contribution in [3.05, 3.63) is 29.8 Å². The number of ether oxygens (including phenoxy) is 1. The van der Waals surface area contributed by atoms with Crippen molar-refractivity contribution in [2.24, 2.45) is 23.7 Å². The summed E-state index contributed by atoms with van der Waals surface area (Å²) < 4.78 is 5.33. The van der Waals surface area contributed by atoms with Gasteiger partial charge in [0.05, 0.1) is 25.5 Å². The first-order valence-electron chi connectivity index (χ1n) is 7.68. The van der Waals surface area contributed by atoms with Crippen molar-refractivity contribution >= 4 is 11.8 Å². The molecule has 1 aromatic carbocycles. The third-order valence-electron chi connectivity index (χ3n) is 5.54. The summed E-state index contributed by atoms with van der Waals surface area (Å²) in [6.07, 6.45) is 3.32. The van der Waals surface area contributed by atoms with Gasteiger partial charge in [-0.3, -0.25) is 14.5 Å². The van der Waals surface area contributed by atoms with Gasteiger partial charge in [0.2, 0.25) is 11.8 Å². The van der Waals surface area contributed by atoms with E-state index in [4.69, 9.17) is 4.74 Å². The van der Waals surface area contributed by atoms with Crippen molar-refractivity contribution in [3.63, 3.8) is 0 Å². The van der Waals surface area contributed by atoms with Crippen LogP contribution in [0.5, 0.6) is 5.75 Å². The number of likely N-dealkylation sites (tertiary alicyclic amines) is 1. The van der Waals surface area contributed by atoms with Crippen LogP contribution in [0.2, 0.25) is 0 Å². The van der Waals surface area contributed by atoms with Gasteiger partial charge in [0, 0.05) is 5.56 Å². The van der Waals surface area contributed by atoms with Crippen molar-refractivity contribution in [3.8, 4) is 5.75 Å². The Kier molecular flexibility index (Phi) is 2.81. The van der Waals surface area contributed by atoms with Crippen LogP contribution < -0.4 is 4.74 Å². The first-order valence-corrected chi connectivity index (χ1v) is 7.68. The van der Waals surface area contributed by atoms with Gasteiger partial charge in [0.25, 0.3) is 0 Å². The molecule has 4 unspecified atom stereocenters. The van der Waals surface area contributed by atoms with Crippen LogP contribution in [0.1, 0.15) is 24.8 Å². The third kappa shape index (κ3) is 1.74. The molecule has 2 saturated carbocycles. The molecular weight excluding hydrogens is 266 g/mol. The Balaban J connectivity index is 1.62. The van der Waals surface area contributed by atoms with Gasteiger partial charge in [-0.05, 0) is 37.2 Å². The lowest BCUT2D eigenvalue weighted by atomic mass is 9.81. The van der Waals surface area contributed by atoms with Crippen molar-refractivity contribution in [2.45, 2.75) is 25.8 Å². The highest BCUT2D eigenvalue weighted by atomic mass is 16.5. The predicted molar refractivity (Wildman–Crippen MR) is 76.4 cm³/mol. The average Bonchev–Trinajstić information content (AvgIpc) is 3.17. The Morgan fingerprint density at radius 1 is 1.10 bits per heavy atom. The Labute approximate surface area is 124 Å². The second kappa shape index (κ2) is 4.58. The minimum atomic E-state index is -0.0362. The molecule has 1 aromatic rings. The summed E-state index contributed by atoms with van der Waals surface area (Å²) in [6.45, 7) is 0.341. The highest BCUT2D eigenvalue weighted by Crippen LogP contribution is 2.56. The first-order chi connectivity index (χ1) is 10.2. The molecule has 0 spiro atoms. The van der Waals surface area contributed by atoms with Crippen molar-refractivity contribution in [1.82, 2.24) is 4.90 Å². The number of imide groups is 1. The molecule has 21 heavy (non-hydrogen) atoms. The summed E-state index contributed by atoms with van der Waals surface area (Å²) in [6, 6.07) is 7.59. The summed E-state index contributed by atoms with van der Waals surface area (Å²) in [5.41, 5.74) is 0.897. The van der Waals surface area contributed by atoms with Crippen molar-refractivity contribution in [1.29, 1.82) is 0 Å². The molecule has 3 fully saturated rings. The van der Waals surface area contributed by atoms with E-state index < -0.39 is 0 Å². The number of carbonyl (C=O) groups is 2. The minimum absolute atomic E-state index is 0.0362. The Morgan fingerprint density at radius 2 is 1.71 bits per heavy atom. The van der Waals surface area contributed by atoms with Crippen LogP contribution >= 0.6 is 0 Å². The number of hydrogen-bond acceptors (Lipinski definition) is 3. The van der Waals surface area contributed by atoms with Crippen LogP contribution in [0.15, 0.2) is 24.3 Å². The molecule has 2 bridgehead atoms. The van der Waals surface area contributed by atoms with Crippen LogP contribution in [-0.4, -0.2) is 23.8 Å². The topological polar surface area (TPSA) is 46.6 Å². The van der Waals surface area contributed by atoms with Crippen LogP contribution in [0.4, 0.5) is 0 Å². The molecule has 0 radical (unpaired) electrons. The molecule has 1 saturated heterocycles. The molecule has 4 rings (SSSR count). The summed E-state index contributed by atoms with van der Waals surface area (Å²) in [7, 11) is 1.61. The molecule has 4 heteroatoms. The molecule has 2 aliphatic carbocycles. The molecule has 0 N–H and O–H groups in total. The first kappa shape index (κ1) is 12.9. The van der Waals surface area contributed by atoms with Gasteiger partial charge < -0.3 is 4.74 Å². The molecule has 3 aliphatic rings. The summed E-state index contributed by atoms with van der Waals surface area (Å²) >= 11 is 0. The van der Waals surface area contributed by atoms with Crippen LogP contribution in [0, 0.1) is 23.7 Å². The lowest BCUT2D eigenvalue weighted by Gasteiger charge is -2.19. The van der Waals surface area contributed by atoms with Gasteiger partial charge in [-0.1, -0.05) is 18.2 Å². The zero-order valence-electron chi connectivity index (χ0n) is 12.1. The number of fused-ring (bicyclic) bond motifs is 5. The molecular formula is C17H19NO3. The molecule has 110 valence electrons. The van der Waals surface area contributed by atoms with E-state index in [-0.39, 0.29) is 23.7 Å². The van der Waals surface area contributed by atoms with Gasteiger partial charge in [-0.2, -0.15) is 0 Å². The normalized spacial score (nSPS) is 33.7. The number of rotatable bonds is 3. The number of methoxy groups -OCH3 is 1. The quantitative estimate of drug-likeness (QED) is 0.800. The number of amides is 2. The summed E-state index contributed by atoms with van der Waals surface area (Å²) in [5.74, 6) is 1.64. The SMILES string of the molecule is COc1ccccc1CN1C(=O)C2C3CCC(C3)C2C1=O. The van der Waals surface area contributed by atoms with Gasteiger partial charge in [0.1, 0.15) is 5.75 Å². The number of nitrogens with zero attached hydrogens (tertiary/aromatic N) is 1. The fourth-order valence-corrected chi connectivity index (χ4v) is 4.63. The van der Waals surface area contributed by atoms with Gasteiger partial charge in [-0.15, -0.1) is 0 Å². The molecule has 1 aliphatic heterocycles. The molecule has 4 atom stereocenters. The minimum Gasteiger partial charge on any atom is -0.496 e. The van der Waals surface area contributed by atoms with E-state index in [9.17, 15) is 9.59 Å². The van der Waals surface area contributed by atoms with Gasteiger partial charge in [-0.25, -0.2) is 0 Å². The Morgan fingerprint density at radius 3 is 2.33 bits per heavy atom. The maximum absolute atomic E-state index is 12.7. The lowest BCUT2D eigenvalue weighted by Crippen LogP contribution is -2.32. The number of benzene rings is 1. The van der Waals surface area contributed by atoms with Crippen LogP contribution in [-0.2, 0) is 16.1 Å². The van der Waals surface area contributed by atoms with E-state index in [0.717, 1.165) is 30.6 Å². The predicted octanol–water partition coefficient (Wildman–Crippen LogP) is 2.23. The van der Waals surface area contributed by atoms with E-state index >= 15 is 0 Å². The fraction of sp³-hybridized carbons (Fsp3) is 0.529. The van der Waals surface area contributed by atoms with Gasteiger partial charge in [0.15, 0.2) is 0 Å². The number of carbonyl (C=O) groups excluding carboxylic acids is 2. The molecule has 2 amide bonds. The van der Waals surface area contributed by atoms with E-state index in [1.807, 2.05) is 24.3 Å². The second-order valence-electron chi connectivity index (χ2n) is 6.46. The monoisotopic (exact) mass is 285 g/mol. The number of para-hydroxylation sites is 1. The zero-order chi connectivity index (χ0) is 14.6. The Hall–Kier alpha value is -1.84. The fourth-order valence-electron chi connectivity index (χ4n) is 4.63. The number of hydrogen-bond donors (Lipinski definition) is 0. The molecule has 0 aromatic heterocycles. The zero-order valence-corrected chi connectivity index (χ0v) is 12.1. The average molecular weight is 285 g/mol. The van der Waals surface area contributed by atoms with Gasteiger partial charge >= 0.3 is 0 Å². The Bertz CT molecular complexity index is 584. The van der Waals surface area contributed by atoms with Crippen molar-refractivity contribution in [2.75, 3.05) is 7.11 Å². The standard InChI is InChI=1S/C17H19NO3/c1-21-13-5-3-2-4-12(13)9-18-16(19)14-10-6-7-11(8-10)15(14)17(18)20/h2-5,10-11,14-15H,6-9H2,1H3. The van der Waals surface area contributed by atoms with E-state index in [0.29, 0.717) is 18.4 Å². The highest BCUT2D eigenvalue weighted by Gasteiger charge is 2.60. The second-order valence-corrected chi connectivity index (χ2v) is 6.46. The van der Waals surface area contributed by atoms with Crippen molar-refractivity contribution < 1.29 is 14.3 Å². The van der Waals surface area contributed by atoms with E-state index in [1.165, 1.54) is 4.90 Å². The smallest absolute Gasteiger partial charge is 0.233 e.